The van der Waals surface area contributed by atoms with Gasteiger partial charge in [0.25, 0.3) is 0 Å². The van der Waals surface area contributed by atoms with Crippen LogP contribution < -0.4 is 5.32 Å². The Bertz CT molecular complexity index is 112. The van der Waals surface area contributed by atoms with Crippen LogP contribution in [0.2, 0.25) is 0 Å². The highest BCUT2D eigenvalue weighted by Gasteiger charge is 1.90. The van der Waals surface area contributed by atoms with Crippen LogP contribution in [0.3, 0.4) is 0 Å². The Hall–Kier alpha value is -0.500. The van der Waals surface area contributed by atoms with E-state index in [1.165, 1.54) is 0 Å². The van der Waals surface area contributed by atoms with Gasteiger partial charge in [0.2, 0.25) is 0 Å². The highest BCUT2D eigenvalue weighted by atomic mass is 16.5. The van der Waals surface area contributed by atoms with E-state index in [-0.39, 0.29) is 0 Å². The predicted molar refractivity (Wildman–Crippen MR) is 53.2 cm³/mol. The smallest absolute Gasteiger partial charge is 0.0638 e. The van der Waals surface area contributed by atoms with Gasteiger partial charge < -0.3 is 10.1 Å². The molecule has 0 aromatic heterocycles. The van der Waals surface area contributed by atoms with Crippen molar-refractivity contribution in [2.75, 3.05) is 19.8 Å². The van der Waals surface area contributed by atoms with E-state index in [0.29, 0.717) is 0 Å². The second-order valence-corrected chi connectivity index (χ2v) is 2.89. The van der Waals surface area contributed by atoms with Crippen molar-refractivity contribution in [3.8, 4) is 0 Å². The molecule has 0 atom stereocenters. The van der Waals surface area contributed by atoms with Gasteiger partial charge in [0.1, 0.15) is 0 Å². The molecule has 0 unspecified atom stereocenters. The number of hydrogen-bond donors (Lipinski definition) is 1. The summed E-state index contributed by atoms with van der Waals surface area (Å²) in [5, 5.41) is 3.22. The molecule has 0 saturated carbocycles. The monoisotopic (exact) mass is 171 g/mol. The van der Waals surface area contributed by atoms with E-state index in [0.717, 1.165) is 44.7 Å². The molecular weight excluding hydrogens is 150 g/mol. The molecule has 2 heteroatoms. The van der Waals surface area contributed by atoms with Gasteiger partial charge in [-0.3, -0.25) is 0 Å². The Morgan fingerprint density at radius 1 is 1.25 bits per heavy atom. The molecule has 0 aliphatic carbocycles. The van der Waals surface area contributed by atoms with Gasteiger partial charge in [-0.1, -0.05) is 26.8 Å². The first-order valence-electron chi connectivity index (χ1n) is 4.80. The van der Waals surface area contributed by atoms with Crippen molar-refractivity contribution in [3.63, 3.8) is 0 Å². The fourth-order valence-electron chi connectivity index (χ4n) is 0.937. The maximum Gasteiger partial charge on any atom is 0.0638 e. The van der Waals surface area contributed by atoms with Crippen LogP contribution >= 0.6 is 0 Å². The van der Waals surface area contributed by atoms with E-state index in [4.69, 9.17) is 4.74 Å². The standard InChI is InChI=1S/C10H21NO/c1-4-6-10(3)11-7-9-12-8-5-2/h11H,3-9H2,1-2H3. The Labute approximate surface area is 76.0 Å². The minimum absolute atomic E-state index is 0.788. The minimum atomic E-state index is 0.788. The zero-order valence-electron chi connectivity index (χ0n) is 8.36. The summed E-state index contributed by atoms with van der Waals surface area (Å²) in [4.78, 5) is 0. The quantitative estimate of drug-likeness (QED) is 0.566. The van der Waals surface area contributed by atoms with Gasteiger partial charge in [0.05, 0.1) is 6.61 Å². The Morgan fingerprint density at radius 2 is 2.00 bits per heavy atom. The first-order chi connectivity index (χ1) is 5.81. The molecule has 0 radical (unpaired) electrons. The van der Waals surface area contributed by atoms with Gasteiger partial charge in [-0.15, -0.1) is 0 Å². The Kier molecular flexibility index (Phi) is 8.24. The average molecular weight is 171 g/mol. The van der Waals surface area contributed by atoms with Crippen LogP contribution in [0.25, 0.3) is 0 Å². The molecule has 0 aliphatic heterocycles. The van der Waals surface area contributed by atoms with Crippen molar-refractivity contribution in [1.29, 1.82) is 0 Å². The summed E-state index contributed by atoms with van der Waals surface area (Å²) < 4.78 is 5.31. The zero-order chi connectivity index (χ0) is 9.23. The van der Waals surface area contributed by atoms with Crippen LogP contribution in [0.5, 0.6) is 0 Å². The average Bonchev–Trinajstić information content (AvgIpc) is 2.05. The normalized spacial score (nSPS) is 9.83. The number of hydrogen-bond acceptors (Lipinski definition) is 2. The zero-order valence-corrected chi connectivity index (χ0v) is 8.36. The summed E-state index contributed by atoms with van der Waals surface area (Å²) in [5.74, 6) is 0. The largest absolute Gasteiger partial charge is 0.387 e. The lowest BCUT2D eigenvalue weighted by Gasteiger charge is -2.08. The van der Waals surface area contributed by atoms with Gasteiger partial charge in [0, 0.05) is 18.8 Å². The molecule has 0 spiro atoms. The molecule has 2 nitrogen and oxygen atoms in total. The lowest BCUT2D eigenvalue weighted by molar-refractivity contribution is 0.138. The molecular formula is C10H21NO. The number of nitrogens with one attached hydrogen (secondary N) is 1. The van der Waals surface area contributed by atoms with Gasteiger partial charge in [-0.05, 0) is 12.8 Å². The van der Waals surface area contributed by atoms with Crippen molar-refractivity contribution < 1.29 is 4.74 Å². The molecule has 0 aliphatic rings. The molecule has 0 fully saturated rings. The lowest BCUT2D eigenvalue weighted by atomic mass is 10.3. The predicted octanol–water partition coefficient (Wildman–Crippen LogP) is 2.32. The van der Waals surface area contributed by atoms with Crippen LogP contribution in [0, 0.1) is 0 Å². The first-order valence-corrected chi connectivity index (χ1v) is 4.80. The molecule has 12 heavy (non-hydrogen) atoms. The maximum atomic E-state index is 5.31. The lowest BCUT2D eigenvalue weighted by Crippen LogP contribution is -2.18. The van der Waals surface area contributed by atoms with E-state index < -0.39 is 0 Å². The Balaban J connectivity index is 3.03. The van der Waals surface area contributed by atoms with E-state index in [2.05, 4.69) is 25.7 Å². The topological polar surface area (TPSA) is 21.3 Å². The molecule has 0 aromatic rings. The summed E-state index contributed by atoms with van der Waals surface area (Å²) in [6.07, 6.45) is 3.31. The van der Waals surface area contributed by atoms with Crippen LogP contribution in [-0.4, -0.2) is 19.8 Å². The van der Waals surface area contributed by atoms with Crippen LogP contribution in [0.4, 0.5) is 0 Å². The fraction of sp³-hybridized carbons (Fsp3) is 0.800. The minimum Gasteiger partial charge on any atom is -0.387 e. The molecule has 72 valence electrons. The highest BCUT2D eigenvalue weighted by Crippen LogP contribution is 1.95. The van der Waals surface area contributed by atoms with E-state index >= 15 is 0 Å². The second-order valence-electron chi connectivity index (χ2n) is 2.89. The van der Waals surface area contributed by atoms with Crippen LogP contribution in [0.1, 0.15) is 33.1 Å². The Morgan fingerprint density at radius 3 is 2.58 bits per heavy atom. The highest BCUT2D eigenvalue weighted by molar-refractivity contribution is 4.89. The summed E-state index contributed by atoms with van der Waals surface area (Å²) in [6.45, 7) is 10.7. The molecule has 0 bridgehead atoms. The van der Waals surface area contributed by atoms with Crippen molar-refractivity contribution in [1.82, 2.24) is 5.32 Å². The summed E-state index contributed by atoms with van der Waals surface area (Å²) in [5.41, 5.74) is 1.12. The van der Waals surface area contributed by atoms with Crippen LogP contribution in [-0.2, 0) is 4.74 Å². The van der Waals surface area contributed by atoms with Gasteiger partial charge in [-0.25, -0.2) is 0 Å². The number of allylic oxidation sites excluding steroid dienone is 1. The third-order valence-corrected chi connectivity index (χ3v) is 1.52. The number of ether oxygens (including phenoxy) is 1. The van der Waals surface area contributed by atoms with Crippen molar-refractivity contribution >= 4 is 0 Å². The molecule has 0 rings (SSSR count). The summed E-state index contributed by atoms with van der Waals surface area (Å²) in [7, 11) is 0. The maximum absolute atomic E-state index is 5.31. The van der Waals surface area contributed by atoms with Crippen molar-refractivity contribution in [2.24, 2.45) is 0 Å². The number of rotatable bonds is 8. The van der Waals surface area contributed by atoms with Crippen molar-refractivity contribution in [2.45, 2.75) is 33.1 Å². The SMILES string of the molecule is C=C(CCC)NCCOCCC. The van der Waals surface area contributed by atoms with Gasteiger partial charge in [-0.2, -0.15) is 0 Å². The third kappa shape index (κ3) is 7.61. The third-order valence-electron chi connectivity index (χ3n) is 1.52. The van der Waals surface area contributed by atoms with Crippen LogP contribution in [0.15, 0.2) is 12.3 Å². The molecule has 1 N–H and O–H groups in total. The van der Waals surface area contributed by atoms with E-state index in [1.54, 1.807) is 0 Å². The molecule has 0 heterocycles. The van der Waals surface area contributed by atoms with E-state index in [9.17, 15) is 0 Å². The molecule has 0 aromatic carbocycles. The molecule has 0 amide bonds. The van der Waals surface area contributed by atoms with Gasteiger partial charge >= 0.3 is 0 Å². The second kappa shape index (κ2) is 8.60. The van der Waals surface area contributed by atoms with E-state index in [1.807, 2.05) is 0 Å². The molecule has 0 saturated heterocycles. The first kappa shape index (κ1) is 11.5. The summed E-state index contributed by atoms with van der Waals surface area (Å²) in [6, 6.07) is 0. The fourth-order valence-corrected chi connectivity index (χ4v) is 0.937. The van der Waals surface area contributed by atoms with Gasteiger partial charge in [0.15, 0.2) is 0 Å². The summed E-state index contributed by atoms with van der Waals surface area (Å²) >= 11 is 0. The van der Waals surface area contributed by atoms with Crippen molar-refractivity contribution in [3.05, 3.63) is 12.3 Å².